The molecule has 0 spiro atoms. The van der Waals surface area contributed by atoms with Crippen LogP contribution in [0.3, 0.4) is 0 Å². The van der Waals surface area contributed by atoms with Crippen LogP contribution in [0.4, 0.5) is 21.9 Å². The molecule has 0 radical (unpaired) electrons. The average molecular weight is 559 g/mol. The number of benzene rings is 2. The first kappa shape index (κ1) is 28.2. The van der Waals surface area contributed by atoms with Crippen LogP contribution in [0.5, 0.6) is 5.75 Å². The first-order chi connectivity index (χ1) is 20.1. The van der Waals surface area contributed by atoms with Crippen molar-refractivity contribution < 1.29 is 19.1 Å². The molecule has 10 nitrogen and oxygen atoms in total. The lowest BCUT2D eigenvalue weighted by Gasteiger charge is -2.37. The van der Waals surface area contributed by atoms with Crippen LogP contribution in [0.25, 0.3) is 0 Å². The van der Waals surface area contributed by atoms with Crippen molar-refractivity contribution in [1.82, 2.24) is 14.8 Å². The van der Waals surface area contributed by atoms with Crippen LogP contribution in [0.2, 0.25) is 0 Å². The van der Waals surface area contributed by atoms with Crippen molar-refractivity contribution in [1.29, 1.82) is 0 Å². The van der Waals surface area contributed by atoms with Crippen molar-refractivity contribution in [2.45, 2.75) is 6.92 Å². The molecule has 5 rings (SSSR count). The first-order valence-electron chi connectivity index (χ1n) is 14.3. The quantitative estimate of drug-likeness (QED) is 0.424. The molecule has 0 unspecified atom stereocenters. The first-order valence-corrected chi connectivity index (χ1v) is 14.3. The van der Waals surface area contributed by atoms with Crippen LogP contribution in [-0.2, 0) is 4.74 Å². The Morgan fingerprint density at radius 2 is 1.54 bits per heavy atom. The standard InChI is InChI=1S/C31H38N6O4/c1-2-40-29-9-4-3-8-28(29)33-31(39)41-23-22-34-14-16-36(17-15-34)27-7-5-6-25(24-27)30(38)37-20-18-35(19-21-37)26-10-12-32-13-11-26/h3-13,24H,2,14-23H2,1H3,(H,33,39). The largest absolute Gasteiger partial charge is 0.492 e. The van der Waals surface area contributed by atoms with E-state index < -0.39 is 6.09 Å². The van der Waals surface area contributed by atoms with Crippen molar-refractivity contribution in [2.24, 2.45) is 0 Å². The van der Waals surface area contributed by atoms with Crippen LogP contribution in [0.1, 0.15) is 17.3 Å². The number of carbonyl (C=O) groups excluding carboxylic acids is 2. The van der Waals surface area contributed by atoms with Gasteiger partial charge in [0.2, 0.25) is 0 Å². The molecule has 3 aromatic rings. The molecule has 10 heteroatoms. The number of para-hydroxylation sites is 2. The number of piperazine rings is 2. The number of carbonyl (C=O) groups is 2. The maximum Gasteiger partial charge on any atom is 0.411 e. The molecule has 0 bridgehead atoms. The van der Waals surface area contributed by atoms with Gasteiger partial charge in [0.25, 0.3) is 5.91 Å². The molecule has 3 heterocycles. The summed E-state index contributed by atoms with van der Waals surface area (Å²) in [6.45, 7) is 9.80. The Balaban J connectivity index is 1.05. The highest BCUT2D eigenvalue weighted by Crippen LogP contribution is 2.24. The highest BCUT2D eigenvalue weighted by molar-refractivity contribution is 5.95. The maximum atomic E-state index is 13.3. The molecule has 2 aliphatic rings. The van der Waals surface area contributed by atoms with E-state index in [0.717, 1.165) is 56.2 Å². The number of hydrogen-bond donors (Lipinski definition) is 1. The third kappa shape index (κ3) is 7.46. The highest BCUT2D eigenvalue weighted by Gasteiger charge is 2.24. The smallest absolute Gasteiger partial charge is 0.411 e. The number of rotatable bonds is 9. The number of pyridine rings is 1. The van der Waals surface area contributed by atoms with Crippen molar-refractivity contribution in [3.8, 4) is 5.75 Å². The van der Waals surface area contributed by atoms with Gasteiger partial charge in [-0.25, -0.2) is 4.79 Å². The highest BCUT2D eigenvalue weighted by atomic mass is 16.5. The summed E-state index contributed by atoms with van der Waals surface area (Å²) < 4.78 is 11.0. The summed E-state index contributed by atoms with van der Waals surface area (Å²) >= 11 is 0. The van der Waals surface area contributed by atoms with E-state index in [2.05, 4.69) is 31.1 Å². The Morgan fingerprint density at radius 3 is 2.29 bits per heavy atom. The molecule has 1 aromatic heterocycles. The Bertz CT molecular complexity index is 1290. The second-order valence-electron chi connectivity index (χ2n) is 10.1. The minimum Gasteiger partial charge on any atom is -0.492 e. The van der Waals surface area contributed by atoms with Gasteiger partial charge in [0.05, 0.1) is 12.3 Å². The van der Waals surface area contributed by atoms with Gasteiger partial charge in [-0.15, -0.1) is 0 Å². The predicted molar refractivity (Wildman–Crippen MR) is 160 cm³/mol. The van der Waals surface area contributed by atoms with Gasteiger partial charge in [-0.1, -0.05) is 18.2 Å². The van der Waals surface area contributed by atoms with Crippen LogP contribution >= 0.6 is 0 Å². The molecule has 2 saturated heterocycles. The Hall–Kier alpha value is -4.31. The number of nitrogens with one attached hydrogen (secondary N) is 1. The molecule has 0 aliphatic carbocycles. The van der Waals surface area contributed by atoms with Crippen LogP contribution in [-0.4, -0.2) is 98.9 Å². The van der Waals surface area contributed by atoms with E-state index in [1.165, 1.54) is 0 Å². The Labute approximate surface area is 241 Å². The third-order valence-corrected chi connectivity index (χ3v) is 7.49. The van der Waals surface area contributed by atoms with Gasteiger partial charge in [-0.2, -0.15) is 0 Å². The van der Waals surface area contributed by atoms with E-state index in [0.29, 0.717) is 44.3 Å². The second-order valence-corrected chi connectivity index (χ2v) is 10.1. The molecule has 0 atom stereocenters. The van der Waals surface area contributed by atoms with Gasteiger partial charge >= 0.3 is 6.09 Å². The van der Waals surface area contributed by atoms with Gasteiger partial charge in [0, 0.05) is 88.2 Å². The molecule has 2 aromatic carbocycles. The molecule has 2 amide bonds. The Morgan fingerprint density at radius 1 is 0.829 bits per heavy atom. The maximum absolute atomic E-state index is 13.3. The van der Waals surface area contributed by atoms with E-state index in [1.54, 1.807) is 18.5 Å². The minimum absolute atomic E-state index is 0.0826. The molecule has 0 saturated carbocycles. The fourth-order valence-electron chi connectivity index (χ4n) is 5.24. The van der Waals surface area contributed by atoms with Gasteiger partial charge in [-0.05, 0) is 49.4 Å². The van der Waals surface area contributed by atoms with Crippen LogP contribution in [0.15, 0.2) is 73.1 Å². The van der Waals surface area contributed by atoms with E-state index in [9.17, 15) is 9.59 Å². The van der Waals surface area contributed by atoms with Gasteiger partial charge < -0.3 is 24.2 Å². The average Bonchev–Trinajstić information content (AvgIpc) is 3.03. The SMILES string of the molecule is CCOc1ccccc1NC(=O)OCCN1CCN(c2cccc(C(=O)N3CCN(c4ccncc4)CC3)c2)CC1. The third-order valence-electron chi connectivity index (χ3n) is 7.49. The number of ether oxygens (including phenoxy) is 2. The molecular weight excluding hydrogens is 520 g/mol. The summed E-state index contributed by atoms with van der Waals surface area (Å²) in [7, 11) is 0. The molecule has 2 aliphatic heterocycles. The van der Waals surface area contributed by atoms with Crippen LogP contribution in [0, 0.1) is 0 Å². The lowest BCUT2D eigenvalue weighted by molar-refractivity contribution is 0.0746. The minimum atomic E-state index is -0.490. The zero-order valence-corrected chi connectivity index (χ0v) is 23.6. The number of nitrogens with zero attached hydrogens (tertiary/aromatic N) is 5. The molecule has 2 fully saturated rings. The van der Waals surface area contributed by atoms with Crippen molar-refractivity contribution in [3.05, 3.63) is 78.6 Å². The van der Waals surface area contributed by atoms with Gasteiger partial charge in [0.15, 0.2) is 0 Å². The van der Waals surface area contributed by atoms with Crippen LogP contribution < -0.4 is 19.9 Å². The predicted octanol–water partition coefficient (Wildman–Crippen LogP) is 3.81. The zero-order valence-electron chi connectivity index (χ0n) is 23.6. The molecule has 1 N–H and O–H groups in total. The number of aromatic nitrogens is 1. The Kier molecular flexibility index (Phi) is 9.53. The number of amides is 2. The number of hydrogen-bond acceptors (Lipinski definition) is 8. The summed E-state index contributed by atoms with van der Waals surface area (Å²) in [5.41, 5.74) is 3.54. The lowest BCUT2D eigenvalue weighted by atomic mass is 10.1. The second kappa shape index (κ2) is 13.8. The van der Waals surface area contributed by atoms with E-state index >= 15 is 0 Å². The molecular formula is C31H38N6O4. The topological polar surface area (TPSA) is 90.5 Å². The summed E-state index contributed by atoms with van der Waals surface area (Å²) in [6, 6.07) is 19.3. The summed E-state index contributed by atoms with van der Waals surface area (Å²) in [6.07, 6.45) is 3.11. The van der Waals surface area contributed by atoms with E-state index in [-0.39, 0.29) is 5.91 Å². The normalized spacial score (nSPS) is 15.9. The molecule has 41 heavy (non-hydrogen) atoms. The fourth-order valence-corrected chi connectivity index (χ4v) is 5.24. The number of anilines is 3. The van der Waals surface area contributed by atoms with Crippen molar-refractivity contribution in [2.75, 3.05) is 87.2 Å². The van der Waals surface area contributed by atoms with Crippen molar-refractivity contribution in [3.63, 3.8) is 0 Å². The monoisotopic (exact) mass is 558 g/mol. The fraction of sp³-hybridized carbons (Fsp3) is 0.387. The van der Waals surface area contributed by atoms with Gasteiger partial charge in [-0.3, -0.25) is 20.0 Å². The summed E-state index contributed by atoms with van der Waals surface area (Å²) in [4.78, 5) is 38.5. The lowest BCUT2D eigenvalue weighted by Crippen LogP contribution is -2.49. The summed E-state index contributed by atoms with van der Waals surface area (Å²) in [5, 5.41) is 2.76. The summed E-state index contributed by atoms with van der Waals surface area (Å²) in [5.74, 6) is 0.705. The van der Waals surface area contributed by atoms with Crippen molar-refractivity contribution >= 4 is 29.1 Å². The zero-order chi connectivity index (χ0) is 28.4. The van der Waals surface area contributed by atoms with E-state index in [4.69, 9.17) is 9.47 Å². The molecule has 216 valence electrons. The van der Waals surface area contributed by atoms with Gasteiger partial charge in [0.1, 0.15) is 12.4 Å². The van der Waals surface area contributed by atoms with E-state index in [1.807, 2.05) is 60.4 Å².